The van der Waals surface area contributed by atoms with Gasteiger partial charge >= 0.3 is 5.69 Å². The van der Waals surface area contributed by atoms with Crippen LogP contribution in [0.15, 0.2) is 47.5 Å². The molecule has 0 aliphatic heterocycles. The SMILES string of the molecule is Cc1cnc(=O)n(CC(C(N)=S)c2ccccc2)c1. The average Bonchev–Trinajstić information content (AvgIpc) is 2.40. The molecule has 1 aromatic heterocycles. The molecule has 2 N–H and O–H groups in total. The second kappa shape index (κ2) is 5.75. The molecule has 1 aromatic carbocycles. The smallest absolute Gasteiger partial charge is 0.347 e. The highest BCUT2D eigenvalue weighted by Gasteiger charge is 2.16. The molecule has 2 aromatic rings. The fourth-order valence-electron chi connectivity index (χ4n) is 1.94. The first-order chi connectivity index (χ1) is 9.08. The van der Waals surface area contributed by atoms with Crippen LogP contribution in [-0.4, -0.2) is 14.5 Å². The fourth-order valence-corrected chi connectivity index (χ4v) is 2.15. The van der Waals surface area contributed by atoms with Gasteiger partial charge in [0, 0.05) is 18.9 Å². The topological polar surface area (TPSA) is 60.9 Å². The van der Waals surface area contributed by atoms with E-state index in [9.17, 15) is 4.79 Å². The minimum Gasteiger partial charge on any atom is -0.393 e. The zero-order valence-electron chi connectivity index (χ0n) is 10.6. The normalized spacial score (nSPS) is 12.1. The van der Waals surface area contributed by atoms with E-state index >= 15 is 0 Å². The molecule has 1 unspecified atom stereocenters. The van der Waals surface area contributed by atoms with Gasteiger partial charge in [0.15, 0.2) is 0 Å². The Balaban J connectivity index is 2.35. The van der Waals surface area contributed by atoms with Crippen LogP contribution in [0, 0.1) is 6.92 Å². The molecule has 2 rings (SSSR count). The van der Waals surface area contributed by atoms with Crippen molar-refractivity contribution in [1.29, 1.82) is 0 Å². The molecule has 98 valence electrons. The summed E-state index contributed by atoms with van der Waals surface area (Å²) in [5.74, 6) is -0.169. The minimum atomic E-state index is -0.289. The van der Waals surface area contributed by atoms with Crippen LogP contribution in [-0.2, 0) is 6.54 Å². The predicted molar refractivity (Wildman–Crippen MR) is 79.2 cm³/mol. The van der Waals surface area contributed by atoms with Gasteiger partial charge in [-0.1, -0.05) is 42.5 Å². The van der Waals surface area contributed by atoms with Gasteiger partial charge in [-0.05, 0) is 18.1 Å². The second-order valence-corrected chi connectivity index (χ2v) is 4.90. The number of thiocarbonyl (C=S) groups is 1. The zero-order valence-corrected chi connectivity index (χ0v) is 11.4. The molecule has 0 spiro atoms. The quantitative estimate of drug-likeness (QED) is 0.860. The van der Waals surface area contributed by atoms with Crippen LogP contribution in [0.25, 0.3) is 0 Å². The van der Waals surface area contributed by atoms with E-state index < -0.39 is 0 Å². The van der Waals surface area contributed by atoms with Crippen LogP contribution in [0.1, 0.15) is 17.0 Å². The lowest BCUT2D eigenvalue weighted by Crippen LogP contribution is -2.30. The second-order valence-electron chi connectivity index (χ2n) is 4.43. The number of aryl methyl sites for hydroxylation is 1. The highest BCUT2D eigenvalue weighted by molar-refractivity contribution is 7.80. The van der Waals surface area contributed by atoms with Crippen LogP contribution in [0.4, 0.5) is 0 Å². The number of hydrogen-bond donors (Lipinski definition) is 1. The maximum absolute atomic E-state index is 11.7. The van der Waals surface area contributed by atoms with Crippen molar-refractivity contribution in [3.05, 3.63) is 64.3 Å². The largest absolute Gasteiger partial charge is 0.393 e. The van der Waals surface area contributed by atoms with Crippen LogP contribution >= 0.6 is 12.2 Å². The van der Waals surface area contributed by atoms with Gasteiger partial charge in [0.2, 0.25) is 0 Å². The molecule has 0 aliphatic rings. The predicted octanol–water partition coefficient (Wildman–Crippen LogP) is 1.62. The third-order valence-corrected chi connectivity index (χ3v) is 3.19. The van der Waals surface area contributed by atoms with Gasteiger partial charge in [0.25, 0.3) is 0 Å². The molecular formula is C14H15N3OS. The first kappa shape index (κ1) is 13.4. The molecule has 0 aliphatic carbocycles. The van der Waals surface area contributed by atoms with E-state index in [1.165, 1.54) is 0 Å². The minimum absolute atomic E-state index is 0.169. The number of nitrogens with two attached hydrogens (primary N) is 1. The molecule has 4 nitrogen and oxygen atoms in total. The summed E-state index contributed by atoms with van der Waals surface area (Å²) in [6.45, 7) is 2.30. The van der Waals surface area contributed by atoms with Crippen molar-refractivity contribution < 1.29 is 0 Å². The average molecular weight is 273 g/mol. The van der Waals surface area contributed by atoms with Gasteiger partial charge in [0.05, 0.1) is 10.9 Å². The highest BCUT2D eigenvalue weighted by Crippen LogP contribution is 2.17. The molecule has 1 heterocycles. The summed E-state index contributed by atoms with van der Waals surface area (Å²) < 4.78 is 1.55. The van der Waals surface area contributed by atoms with Gasteiger partial charge in [-0.3, -0.25) is 4.57 Å². The molecule has 1 atom stereocenters. The number of rotatable bonds is 4. The lowest BCUT2D eigenvalue weighted by atomic mass is 9.99. The van der Waals surface area contributed by atoms with Crippen LogP contribution in [0.2, 0.25) is 0 Å². The van der Waals surface area contributed by atoms with E-state index in [0.29, 0.717) is 11.5 Å². The summed E-state index contributed by atoms with van der Waals surface area (Å²) >= 11 is 5.12. The maximum atomic E-state index is 11.7. The van der Waals surface area contributed by atoms with E-state index in [1.54, 1.807) is 17.0 Å². The Hall–Kier alpha value is -2.01. The van der Waals surface area contributed by atoms with Crippen molar-refractivity contribution in [1.82, 2.24) is 9.55 Å². The summed E-state index contributed by atoms with van der Waals surface area (Å²) in [4.78, 5) is 15.9. The van der Waals surface area contributed by atoms with Crippen LogP contribution < -0.4 is 11.4 Å². The van der Waals surface area contributed by atoms with E-state index in [1.807, 2.05) is 37.3 Å². The van der Waals surface area contributed by atoms with Crippen LogP contribution in [0.5, 0.6) is 0 Å². The maximum Gasteiger partial charge on any atom is 0.347 e. The molecule has 19 heavy (non-hydrogen) atoms. The molecule has 0 bridgehead atoms. The fraction of sp³-hybridized carbons (Fsp3) is 0.214. The van der Waals surface area contributed by atoms with Crippen molar-refractivity contribution in [3.63, 3.8) is 0 Å². The molecule has 0 saturated carbocycles. The summed E-state index contributed by atoms with van der Waals surface area (Å²) in [6, 6.07) is 9.70. The summed E-state index contributed by atoms with van der Waals surface area (Å²) in [7, 11) is 0. The third kappa shape index (κ3) is 3.26. The molecular weight excluding hydrogens is 258 g/mol. The molecule has 0 amide bonds. The van der Waals surface area contributed by atoms with Gasteiger partial charge < -0.3 is 5.73 Å². The van der Waals surface area contributed by atoms with Crippen molar-refractivity contribution in [2.75, 3.05) is 0 Å². The Labute approximate surface area is 116 Å². The van der Waals surface area contributed by atoms with Crippen molar-refractivity contribution >= 4 is 17.2 Å². The summed E-state index contributed by atoms with van der Waals surface area (Å²) in [6.07, 6.45) is 3.32. The molecule has 0 fully saturated rings. The Morgan fingerprint density at radius 1 is 1.42 bits per heavy atom. The number of aromatic nitrogens is 2. The standard InChI is InChI=1S/C14H15N3OS/c1-10-7-16-14(18)17(8-10)9-12(13(15)19)11-5-3-2-4-6-11/h2-8,12H,9H2,1H3,(H2,15,19). The van der Waals surface area contributed by atoms with Gasteiger partial charge in [0.1, 0.15) is 0 Å². The third-order valence-electron chi connectivity index (χ3n) is 2.91. The van der Waals surface area contributed by atoms with E-state index in [0.717, 1.165) is 11.1 Å². The highest BCUT2D eigenvalue weighted by atomic mass is 32.1. The molecule has 0 saturated heterocycles. The number of hydrogen-bond acceptors (Lipinski definition) is 3. The Morgan fingerprint density at radius 3 is 2.74 bits per heavy atom. The molecule has 5 heteroatoms. The Kier molecular flexibility index (Phi) is 4.06. The van der Waals surface area contributed by atoms with E-state index in [2.05, 4.69) is 4.98 Å². The van der Waals surface area contributed by atoms with Crippen molar-refractivity contribution in [2.45, 2.75) is 19.4 Å². The lowest BCUT2D eigenvalue weighted by Gasteiger charge is -2.17. The summed E-state index contributed by atoms with van der Waals surface area (Å²) in [5.41, 5.74) is 7.44. The monoisotopic (exact) mass is 273 g/mol. The Morgan fingerprint density at radius 2 is 2.11 bits per heavy atom. The van der Waals surface area contributed by atoms with Crippen molar-refractivity contribution in [3.8, 4) is 0 Å². The first-order valence-corrected chi connectivity index (χ1v) is 6.36. The number of nitrogens with zero attached hydrogens (tertiary/aromatic N) is 2. The lowest BCUT2D eigenvalue weighted by molar-refractivity contribution is 0.618. The van der Waals surface area contributed by atoms with Gasteiger partial charge in [-0.25, -0.2) is 9.78 Å². The number of benzene rings is 1. The molecule has 0 radical (unpaired) electrons. The van der Waals surface area contributed by atoms with E-state index in [4.69, 9.17) is 18.0 Å². The van der Waals surface area contributed by atoms with E-state index in [-0.39, 0.29) is 11.6 Å². The Bertz CT molecular complexity index is 637. The summed E-state index contributed by atoms with van der Waals surface area (Å²) in [5, 5.41) is 0. The first-order valence-electron chi connectivity index (χ1n) is 5.95. The van der Waals surface area contributed by atoms with Crippen LogP contribution in [0.3, 0.4) is 0 Å². The van der Waals surface area contributed by atoms with Crippen molar-refractivity contribution in [2.24, 2.45) is 5.73 Å². The van der Waals surface area contributed by atoms with Gasteiger partial charge in [-0.15, -0.1) is 0 Å². The zero-order chi connectivity index (χ0) is 13.8. The van der Waals surface area contributed by atoms with Gasteiger partial charge in [-0.2, -0.15) is 0 Å².